The van der Waals surface area contributed by atoms with Crippen molar-refractivity contribution in [3.05, 3.63) is 105 Å². The van der Waals surface area contributed by atoms with Crippen LogP contribution < -0.4 is 5.43 Å². The van der Waals surface area contributed by atoms with Gasteiger partial charge in [0.1, 0.15) is 11.4 Å². The van der Waals surface area contributed by atoms with E-state index in [4.69, 9.17) is 28.3 Å². The molecule has 4 rings (SSSR count). The number of halogens is 2. The molecule has 0 saturated heterocycles. The zero-order valence-electron chi connectivity index (χ0n) is 21.1. The Morgan fingerprint density at radius 2 is 1.70 bits per heavy atom. The molecule has 0 spiro atoms. The number of amides is 1. The molecule has 2 N–H and O–H groups in total. The van der Waals surface area contributed by atoms with Crippen molar-refractivity contribution in [2.24, 2.45) is 5.10 Å². The van der Waals surface area contributed by atoms with Gasteiger partial charge in [0.25, 0.3) is 5.91 Å². The molecule has 6 nitrogen and oxygen atoms in total. The van der Waals surface area contributed by atoms with Gasteiger partial charge >= 0.3 is 0 Å². The molecule has 1 aromatic heterocycles. The molecular formula is C29H28Cl2N4O2. The maximum Gasteiger partial charge on any atom is 0.289 e. The Bertz CT molecular complexity index is 1450. The number of carbonyl (C=O) groups is 1. The largest absolute Gasteiger partial charge is 0.506 e. The van der Waals surface area contributed by atoms with Gasteiger partial charge in [-0.3, -0.25) is 9.48 Å². The zero-order chi connectivity index (χ0) is 26.7. The van der Waals surface area contributed by atoms with Gasteiger partial charge in [0, 0.05) is 16.1 Å². The van der Waals surface area contributed by atoms with Crippen molar-refractivity contribution >= 4 is 34.8 Å². The van der Waals surface area contributed by atoms with Gasteiger partial charge in [0.05, 0.1) is 23.0 Å². The van der Waals surface area contributed by atoms with Crippen molar-refractivity contribution in [1.29, 1.82) is 0 Å². The maximum absolute atomic E-state index is 13.2. The molecule has 0 fully saturated rings. The molecule has 0 atom stereocenters. The van der Waals surface area contributed by atoms with Crippen LogP contribution in [0.2, 0.25) is 10.0 Å². The fourth-order valence-electron chi connectivity index (χ4n) is 3.85. The molecule has 0 unspecified atom stereocenters. The van der Waals surface area contributed by atoms with Crippen LogP contribution in [0.25, 0.3) is 11.3 Å². The lowest BCUT2D eigenvalue weighted by atomic mass is 9.87. The molecule has 190 valence electrons. The van der Waals surface area contributed by atoms with E-state index in [1.165, 1.54) is 17.7 Å². The number of hydrazone groups is 1. The Morgan fingerprint density at radius 3 is 2.35 bits per heavy atom. The third kappa shape index (κ3) is 6.21. The summed E-state index contributed by atoms with van der Waals surface area (Å²) in [6.07, 6.45) is 0. The predicted molar refractivity (Wildman–Crippen MR) is 150 cm³/mol. The molecule has 4 aromatic rings. The van der Waals surface area contributed by atoms with Crippen LogP contribution in [-0.4, -0.2) is 26.5 Å². The number of benzene rings is 3. The third-order valence-electron chi connectivity index (χ3n) is 5.98. The van der Waals surface area contributed by atoms with Gasteiger partial charge in [-0.2, -0.15) is 10.2 Å². The van der Waals surface area contributed by atoms with Gasteiger partial charge in [-0.25, -0.2) is 5.43 Å². The van der Waals surface area contributed by atoms with Crippen LogP contribution in [0.1, 0.15) is 54.9 Å². The second-order valence-corrected chi connectivity index (χ2v) is 10.7. The van der Waals surface area contributed by atoms with Crippen LogP contribution in [0, 0.1) is 0 Å². The van der Waals surface area contributed by atoms with Crippen molar-refractivity contribution in [3.63, 3.8) is 0 Å². The summed E-state index contributed by atoms with van der Waals surface area (Å²) in [5.74, 6) is -0.593. The number of hydrogen-bond donors (Lipinski definition) is 2. The van der Waals surface area contributed by atoms with E-state index in [1.807, 2.05) is 30.3 Å². The van der Waals surface area contributed by atoms with Crippen molar-refractivity contribution in [2.75, 3.05) is 0 Å². The first-order chi connectivity index (χ1) is 17.5. The summed E-state index contributed by atoms with van der Waals surface area (Å²) in [6.45, 7) is 8.57. The van der Waals surface area contributed by atoms with Crippen LogP contribution in [0.4, 0.5) is 0 Å². The maximum atomic E-state index is 13.2. The van der Waals surface area contributed by atoms with Crippen molar-refractivity contribution in [2.45, 2.75) is 39.7 Å². The normalized spacial score (nSPS) is 12.0. The molecule has 3 aromatic carbocycles. The molecule has 8 heteroatoms. The van der Waals surface area contributed by atoms with E-state index in [9.17, 15) is 9.90 Å². The number of nitrogens with one attached hydrogen (secondary N) is 1. The van der Waals surface area contributed by atoms with Crippen LogP contribution in [-0.2, 0) is 12.0 Å². The quantitative estimate of drug-likeness (QED) is 0.205. The second-order valence-electron chi connectivity index (χ2n) is 9.81. The number of phenols is 1. The summed E-state index contributed by atoms with van der Waals surface area (Å²) in [6, 6.07) is 22.7. The lowest BCUT2D eigenvalue weighted by Crippen LogP contribution is -2.23. The molecule has 1 heterocycles. The fraction of sp³-hybridized carbons (Fsp3) is 0.207. The first-order valence-electron chi connectivity index (χ1n) is 11.8. The first-order valence-corrected chi connectivity index (χ1v) is 12.5. The van der Waals surface area contributed by atoms with E-state index < -0.39 is 5.91 Å². The highest BCUT2D eigenvalue weighted by Crippen LogP contribution is 2.31. The molecule has 0 aliphatic rings. The smallest absolute Gasteiger partial charge is 0.289 e. The monoisotopic (exact) mass is 534 g/mol. The topological polar surface area (TPSA) is 79.5 Å². The van der Waals surface area contributed by atoms with Crippen molar-refractivity contribution < 1.29 is 9.90 Å². The number of nitrogens with zero attached hydrogens (tertiary/aromatic N) is 3. The van der Waals surface area contributed by atoms with Gasteiger partial charge in [-0.05, 0) is 41.7 Å². The highest BCUT2D eigenvalue weighted by atomic mass is 35.5. The van der Waals surface area contributed by atoms with E-state index >= 15 is 0 Å². The van der Waals surface area contributed by atoms with Crippen LogP contribution in [0.5, 0.6) is 5.75 Å². The Morgan fingerprint density at radius 1 is 1.03 bits per heavy atom. The third-order valence-corrected chi connectivity index (χ3v) is 6.48. The average Bonchev–Trinajstić information content (AvgIpc) is 3.28. The number of carbonyl (C=O) groups excluding carboxylic acids is 1. The molecule has 0 radical (unpaired) electrons. The number of phenolic OH excluding ortho intramolecular Hbond substituents is 1. The Kier molecular flexibility index (Phi) is 7.71. The fourth-order valence-corrected chi connectivity index (χ4v) is 4.34. The van der Waals surface area contributed by atoms with E-state index in [2.05, 4.69) is 55.6 Å². The minimum absolute atomic E-state index is 0.0489. The van der Waals surface area contributed by atoms with Gasteiger partial charge in [0.2, 0.25) is 0 Å². The SMILES string of the molecule is C/C(=N\NC(=O)c1cc(-c2ccccc2)nn1Cc1ccc(C(C)(C)C)cc1)c1cc(Cl)cc(Cl)c1O. The van der Waals surface area contributed by atoms with Gasteiger partial charge in [-0.15, -0.1) is 0 Å². The Balaban J connectivity index is 1.64. The number of rotatable bonds is 6. The standard InChI is InChI=1S/C29H28Cl2N4O2/c1-18(23-14-22(30)15-24(31)27(23)36)32-33-28(37)26-16-25(20-8-6-5-7-9-20)34-35(26)17-19-10-12-21(13-11-19)29(2,3)4/h5-16,36H,17H2,1-4H3,(H,33,37)/b32-18+. The number of aromatic nitrogens is 2. The molecule has 0 aliphatic heterocycles. The highest BCUT2D eigenvalue weighted by molar-refractivity contribution is 6.36. The first kappa shape index (κ1) is 26.5. The van der Waals surface area contributed by atoms with Gasteiger partial charge < -0.3 is 5.11 Å². The molecule has 37 heavy (non-hydrogen) atoms. The molecule has 0 bridgehead atoms. The molecule has 1 amide bonds. The van der Waals surface area contributed by atoms with E-state index in [-0.39, 0.29) is 16.2 Å². The summed E-state index contributed by atoms with van der Waals surface area (Å²) in [5.41, 5.74) is 7.48. The Labute approximate surface area is 226 Å². The predicted octanol–water partition coefficient (Wildman–Crippen LogP) is 7.06. The van der Waals surface area contributed by atoms with E-state index in [0.717, 1.165) is 11.1 Å². The summed E-state index contributed by atoms with van der Waals surface area (Å²) in [7, 11) is 0. The van der Waals surface area contributed by atoms with Crippen LogP contribution in [0.3, 0.4) is 0 Å². The summed E-state index contributed by atoms with van der Waals surface area (Å²) >= 11 is 12.1. The van der Waals surface area contributed by atoms with Crippen LogP contribution in [0.15, 0.2) is 77.9 Å². The lowest BCUT2D eigenvalue weighted by molar-refractivity contribution is 0.0944. The van der Waals surface area contributed by atoms with Gasteiger partial charge in [0.15, 0.2) is 0 Å². The van der Waals surface area contributed by atoms with Crippen molar-refractivity contribution in [3.8, 4) is 17.0 Å². The van der Waals surface area contributed by atoms with Crippen molar-refractivity contribution in [1.82, 2.24) is 15.2 Å². The minimum atomic E-state index is -0.437. The second kappa shape index (κ2) is 10.8. The highest BCUT2D eigenvalue weighted by Gasteiger charge is 2.18. The van der Waals surface area contributed by atoms with Crippen LogP contribution >= 0.6 is 23.2 Å². The van der Waals surface area contributed by atoms with Gasteiger partial charge in [-0.1, -0.05) is 98.6 Å². The average molecular weight is 535 g/mol. The minimum Gasteiger partial charge on any atom is -0.506 e. The van der Waals surface area contributed by atoms with E-state index in [1.54, 1.807) is 17.7 Å². The summed E-state index contributed by atoms with van der Waals surface area (Å²) < 4.78 is 1.67. The molecular weight excluding hydrogens is 507 g/mol. The lowest BCUT2D eigenvalue weighted by Gasteiger charge is -2.19. The number of hydrogen-bond acceptors (Lipinski definition) is 4. The zero-order valence-corrected chi connectivity index (χ0v) is 22.6. The molecule has 0 saturated carbocycles. The number of aromatic hydroxyl groups is 1. The Hall–Kier alpha value is -3.61. The molecule has 0 aliphatic carbocycles. The summed E-state index contributed by atoms with van der Waals surface area (Å²) in [4.78, 5) is 13.2. The van der Waals surface area contributed by atoms with E-state index in [0.29, 0.717) is 34.2 Å². The summed E-state index contributed by atoms with van der Waals surface area (Å²) in [5, 5.41) is 19.6.